The van der Waals surface area contributed by atoms with Crippen LogP contribution in [0.4, 0.5) is 0 Å². The van der Waals surface area contributed by atoms with Gasteiger partial charge < -0.3 is 10.1 Å². The Hall–Kier alpha value is -0.410. The molecule has 0 unspecified atom stereocenters. The zero-order chi connectivity index (χ0) is 7.82. The third-order valence-corrected chi connectivity index (χ3v) is 1.14. The van der Waals surface area contributed by atoms with Crippen LogP contribution in [0, 0.1) is 0 Å². The van der Waals surface area contributed by atoms with Gasteiger partial charge in [-0.2, -0.15) is 0 Å². The lowest BCUT2D eigenvalue weighted by molar-refractivity contribution is -0.122. The smallest absolute Gasteiger partial charge is 0.159 e. The normalized spacial score (nSPS) is 9.80. The Balaban J connectivity index is 3.05. The van der Waals surface area contributed by atoms with Crippen molar-refractivity contribution in [2.75, 3.05) is 26.8 Å². The lowest BCUT2D eigenvalue weighted by Gasteiger charge is -1.99. The molecule has 0 rings (SSSR count). The van der Waals surface area contributed by atoms with Gasteiger partial charge >= 0.3 is 0 Å². The first-order valence-electron chi connectivity index (χ1n) is 3.52. The Morgan fingerprint density at radius 1 is 1.60 bits per heavy atom. The van der Waals surface area contributed by atoms with Crippen molar-refractivity contribution >= 4 is 5.78 Å². The fourth-order valence-electron chi connectivity index (χ4n) is 0.638. The van der Waals surface area contributed by atoms with Crippen molar-refractivity contribution in [1.29, 1.82) is 0 Å². The van der Waals surface area contributed by atoms with Gasteiger partial charge in [-0.1, -0.05) is 6.92 Å². The molecule has 0 aliphatic rings. The van der Waals surface area contributed by atoms with Gasteiger partial charge in [-0.05, 0) is 6.54 Å². The summed E-state index contributed by atoms with van der Waals surface area (Å²) in [6, 6.07) is 0. The van der Waals surface area contributed by atoms with E-state index in [1.165, 1.54) is 7.11 Å². The van der Waals surface area contributed by atoms with Crippen LogP contribution in [-0.4, -0.2) is 32.6 Å². The van der Waals surface area contributed by atoms with Crippen molar-refractivity contribution in [3.8, 4) is 0 Å². The Morgan fingerprint density at radius 3 is 2.80 bits per heavy atom. The predicted octanol–water partition coefficient (Wildman–Crippen LogP) is 0.201. The maximum Gasteiger partial charge on any atom is 0.159 e. The van der Waals surface area contributed by atoms with Gasteiger partial charge in [0, 0.05) is 20.1 Å². The highest BCUT2D eigenvalue weighted by atomic mass is 16.5. The molecule has 0 aromatic heterocycles. The third-order valence-electron chi connectivity index (χ3n) is 1.14. The van der Waals surface area contributed by atoms with Gasteiger partial charge in [0.2, 0.25) is 0 Å². The van der Waals surface area contributed by atoms with Crippen LogP contribution in [0.25, 0.3) is 0 Å². The highest BCUT2D eigenvalue weighted by Gasteiger charge is 1.97. The lowest BCUT2D eigenvalue weighted by atomic mass is 10.3. The van der Waals surface area contributed by atoms with Crippen LogP contribution < -0.4 is 5.32 Å². The summed E-state index contributed by atoms with van der Waals surface area (Å²) in [6.07, 6.45) is 0.571. The average molecular weight is 145 g/mol. The molecule has 0 saturated heterocycles. The van der Waals surface area contributed by atoms with E-state index < -0.39 is 0 Å². The Labute approximate surface area is 61.8 Å². The van der Waals surface area contributed by atoms with Crippen LogP contribution in [0.2, 0.25) is 0 Å². The summed E-state index contributed by atoms with van der Waals surface area (Å²) < 4.78 is 4.66. The molecule has 0 atom stereocenters. The number of carbonyl (C=O) groups excluding carboxylic acids is 1. The molecule has 0 spiro atoms. The number of nitrogens with one attached hydrogen (secondary N) is 1. The van der Waals surface area contributed by atoms with Gasteiger partial charge in [-0.15, -0.1) is 0 Å². The second-order valence-electron chi connectivity index (χ2n) is 2.08. The molecule has 0 heterocycles. The highest BCUT2D eigenvalue weighted by Crippen LogP contribution is 1.80. The summed E-state index contributed by atoms with van der Waals surface area (Å²) in [6.45, 7) is 3.94. The van der Waals surface area contributed by atoms with E-state index in [1.54, 1.807) is 0 Å². The minimum atomic E-state index is 0.156. The maximum absolute atomic E-state index is 10.8. The second-order valence-corrected chi connectivity index (χ2v) is 2.08. The minimum Gasteiger partial charge on any atom is -0.377 e. The van der Waals surface area contributed by atoms with E-state index in [9.17, 15) is 4.79 Å². The van der Waals surface area contributed by atoms with Crippen molar-refractivity contribution in [2.24, 2.45) is 0 Å². The summed E-state index contributed by atoms with van der Waals surface area (Å²) in [4.78, 5) is 10.8. The second kappa shape index (κ2) is 6.71. The van der Waals surface area contributed by atoms with Crippen molar-refractivity contribution in [2.45, 2.75) is 13.3 Å². The van der Waals surface area contributed by atoms with Crippen molar-refractivity contribution in [3.05, 3.63) is 0 Å². The molecular formula is C7H15NO2. The number of ketones is 1. The molecule has 0 aliphatic heterocycles. The summed E-state index contributed by atoms with van der Waals surface area (Å²) in [5.74, 6) is 0.156. The molecule has 0 fully saturated rings. The molecule has 0 aromatic rings. The van der Waals surface area contributed by atoms with E-state index >= 15 is 0 Å². The quantitative estimate of drug-likeness (QED) is 0.543. The first-order valence-corrected chi connectivity index (χ1v) is 3.52. The van der Waals surface area contributed by atoms with Gasteiger partial charge in [0.25, 0.3) is 0 Å². The molecule has 1 N–H and O–H groups in total. The minimum absolute atomic E-state index is 0.156. The molecule has 0 aliphatic carbocycles. The number of carbonyl (C=O) groups is 1. The fourth-order valence-corrected chi connectivity index (χ4v) is 0.638. The fraction of sp³-hybridized carbons (Fsp3) is 0.857. The number of hydrogen-bond donors (Lipinski definition) is 1. The van der Waals surface area contributed by atoms with E-state index in [4.69, 9.17) is 0 Å². The summed E-state index contributed by atoms with van der Waals surface area (Å²) >= 11 is 0. The zero-order valence-corrected chi connectivity index (χ0v) is 6.64. The Bertz CT molecular complexity index is 93.6. The van der Waals surface area contributed by atoms with E-state index in [2.05, 4.69) is 10.1 Å². The molecule has 0 aromatic carbocycles. The summed E-state index contributed by atoms with van der Waals surface area (Å²) in [5, 5.41) is 3.06. The number of rotatable bonds is 6. The van der Waals surface area contributed by atoms with Crippen LogP contribution in [0.1, 0.15) is 13.3 Å². The number of hydrogen-bond acceptors (Lipinski definition) is 3. The molecule has 0 saturated carbocycles. The van der Waals surface area contributed by atoms with E-state index in [0.29, 0.717) is 6.42 Å². The number of Topliss-reactive ketones (excluding diaryl/α,β-unsaturated/α-hetero) is 1. The van der Waals surface area contributed by atoms with Crippen molar-refractivity contribution in [3.63, 3.8) is 0 Å². The van der Waals surface area contributed by atoms with Crippen molar-refractivity contribution in [1.82, 2.24) is 5.32 Å². The predicted molar refractivity (Wildman–Crippen MR) is 40.0 cm³/mol. The largest absolute Gasteiger partial charge is 0.377 e. The molecule has 10 heavy (non-hydrogen) atoms. The summed E-state index contributed by atoms with van der Waals surface area (Å²) in [5.41, 5.74) is 0. The van der Waals surface area contributed by atoms with E-state index in [0.717, 1.165) is 13.1 Å². The lowest BCUT2D eigenvalue weighted by Crippen LogP contribution is -2.19. The molecule has 0 bridgehead atoms. The van der Waals surface area contributed by atoms with Crippen molar-refractivity contribution < 1.29 is 9.53 Å². The molecule has 3 nitrogen and oxygen atoms in total. The van der Waals surface area contributed by atoms with E-state index in [1.807, 2.05) is 6.92 Å². The topological polar surface area (TPSA) is 38.3 Å². The SMILES string of the molecule is CCNCCC(=O)COC. The first kappa shape index (κ1) is 9.59. The van der Waals surface area contributed by atoms with Crippen LogP contribution in [0.15, 0.2) is 0 Å². The van der Waals surface area contributed by atoms with Crippen LogP contribution >= 0.6 is 0 Å². The molecule has 60 valence electrons. The monoisotopic (exact) mass is 145 g/mol. The van der Waals surface area contributed by atoms with Gasteiger partial charge in [-0.25, -0.2) is 0 Å². The van der Waals surface area contributed by atoms with Crippen LogP contribution in [-0.2, 0) is 9.53 Å². The van der Waals surface area contributed by atoms with Gasteiger partial charge in [-0.3, -0.25) is 4.79 Å². The molecule has 0 radical (unpaired) electrons. The zero-order valence-electron chi connectivity index (χ0n) is 6.64. The Morgan fingerprint density at radius 2 is 2.30 bits per heavy atom. The highest BCUT2D eigenvalue weighted by molar-refractivity contribution is 5.79. The van der Waals surface area contributed by atoms with Gasteiger partial charge in [0.1, 0.15) is 6.61 Å². The molecular weight excluding hydrogens is 130 g/mol. The first-order chi connectivity index (χ1) is 4.81. The van der Waals surface area contributed by atoms with E-state index in [-0.39, 0.29) is 12.4 Å². The third kappa shape index (κ3) is 5.72. The van der Waals surface area contributed by atoms with Gasteiger partial charge in [0.15, 0.2) is 5.78 Å². The summed E-state index contributed by atoms with van der Waals surface area (Å²) in [7, 11) is 1.53. The maximum atomic E-state index is 10.8. The molecule has 0 amide bonds. The number of ether oxygens (including phenoxy) is 1. The molecule has 3 heteroatoms. The average Bonchev–Trinajstić information content (AvgIpc) is 1.89. The number of methoxy groups -OCH3 is 1. The van der Waals surface area contributed by atoms with Crippen LogP contribution in [0.3, 0.4) is 0 Å². The van der Waals surface area contributed by atoms with Gasteiger partial charge in [0.05, 0.1) is 0 Å². The van der Waals surface area contributed by atoms with Crippen LogP contribution in [0.5, 0.6) is 0 Å². The Kier molecular flexibility index (Phi) is 6.43. The standard InChI is InChI=1S/C7H15NO2/c1-3-8-5-4-7(9)6-10-2/h8H,3-6H2,1-2H3.